The third-order valence-electron chi connectivity index (χ3n) is 6.85. The molecule has 0 aliphatic carbocycles. The van der Waals surface area contributed by atoms with Crippen molar-refractivity contribution >= 4 is 49.3 Å². The van der Waals surface area contributed by atoms with Crippen LogP contribution in [0.25, 0.3) is 21.2 Å². The van der Waals surface area contributed by atoms with Crippen LogP contribution >= 0.6 is 11.3 Å². The molecule has 8 nitrogen and oxygen atoms in total. The number of furan rings is 1. The molecule has 5 aromatic rings. The van der Waals surface area contributed by atoms with Crippen molar-refractivity contribution in [3.8, 4) is 11.5 Å². The van der Waals surface area contributed by atoms with E-state index in [1.165, 1.54) is 30.5 Å². The number of aryl methyl sites for hydroxylation is 2. The SMILES string of the molecule is COc1ccc(C2C(C(=O)c3cc4ccccc4o3)=C(O)C(=O)N2c2nc3c(C)cc(C)cc3s2)cc1OC. The number of ether oxygens (including phenoxy) is 2. The number of anilines is 1. The van der Waals surface area contributed by atoms with Crippen LogP contribution in [0.2, 0.25) is 0 Å². The van der Waals surface area contributed by atoms with Gasteiger partial charge in [-0.15, -0.1) is 0 Å². The summed E-state index contributed by atoms with van der Waals surface area (Å²) in [5.41, 5.74) is 3.77. The van der Waals surface area contributed by atoms with Gasteiger partial charge in [0.15, 0.2) is 28.1 Å². The standard InChI is InChI=1S/C30H24N2O6S/c1-15-11-16(2)25-23(12-15)39-30(31-25)32-26(18-9-10-20(36-3)21(14-18)37-4)24(28(34)29(32)35)27(33)22-13-17-7-5-6-8-19(17)38-22/h5-14,26,34H,1-4H3. The molecule has 1 aliphatic heterocycles. The van der Waals surface area contributed by atoms with E-state index in [1.54, 1.807) is 36.4 Å². The lowest BCUT2D eigenvalue weighted by molar-refractivity contribution is -0.117. The Morgan fingerprint density at radius 1 is 1.03 bits per heavy atom. The highest BCUT2D eigenvalue weighted by atomic mass is 32.1. The Bertz CT molecular complexity index is 1800. The molecule has 0 spiro atoms. The lowest BCUT2D eigenvalue weighted by atomic mass is 9.95. The Kier molecular flexibility index (Phi) is 5.88. The van der Waals surface area contributed by atoms with Gasteiger partial charge in [0.1, 0.15) is 5.58 Å². The van der Waals surface area contributed by atoms with E-state index in [0.29, 0.717) is 27.8 Å². The van der Waals surface area contributed by atoms with Crippen LogP contribution in [0.4, 0.5) is 5.13 Å². The number of carbonyl (C=O) groups excluding carboxylic acids is 2. The number of carbonyl (C=O) groups is 2. The van der Waals surface area contributed by atoms with Crippen LogP contribution in [0.1, 0.15) is 33.3 Å². The molecule has 3 aromatic carbocycles. The van der Waals surface area contributed by atoms with Crippen LogP contribution in [0.3, 0.4) is 0 Å². The van der Waals surface area contributed by atoms with Gasteiger partial charge in [-0.25, -0.2) is 4.98 Å². The van der Waals surface area contributed by atoms with E-state index in [0.717, 1.165) is 26.7 Å². The quantitative estimate of drug-likeness (QED) is 0.247. The predicted molar refractivity (Wildman–Crippen MR) is 149 cm³/mol. The van der Waals surface area contributed by atoms with Gasteiger partial charge in [-0.3, -0.25) is 14.5 Å². The Morgan fingerprint density at radius 3 is 2.54 bits per heavy atom. The van der Waals surface area contributed by atoms with E-state index in [4.69, 9.17) is 18.9 Å². The van der Waals surface area contributed by atoms with Crippen LogP contribution in [0.5, 0.6) is 11.5 Å². The van der Waals surface area contributed by atoms with E-state index in [9.17, 15) is 14.7 Å². The number of fused-ring (bicyclic) bond motifs is 2. The molecule has 1 N–H and O–H groups in total. The largest absolute Gasteiger partial charge is 0.503 e. The number of nitrogens with zero attached hydrogens (tertiary/aromatic N) is 2. The number of aromatic nitrogens is 1. The number of ketones is 1. The summed E-state index contributed by atoms with van der Waals surface area (Å²) in [4.78, 5) is 33.7. The molecule has 0 saturated carbocycles. The summed E-state index contributed by atoms with van der Waals surface area (Å²) < 4.78 is 17.6. The number of hydrogen-bond donors (Lipinski definition) is 1. The molecule has 0 radical (unpaired) electrons. The van der Waals surface area contributed by atoms with Crippen molar-refractivity contribution in [1.29, 1.82) is 0 Å². The van der Waals surface area contributed by atoms with Crippen molar-refractivity contribution in [2.75, 3.05) is 19.1 Å². The molecule has 3 heterocycles. The maximum atomic E-state index is 13.9. The second-order valence-corrected chi connectivity index (χ2v) is 10.4. The summed E-state index contributed by atoms with van der Waals surface area (Å²) in [5, 5.41) is 12.3. The Balaban J connectivity index is 1.54. The maximum absolute atomic E-state index is 13.9. The average molecular weight is 541 g/mol. The molecule has 39 heavy (non-hydrogen) atoms. The third kappa shape index (κ3) is 3.93. The first-order valence-corrected chi connectivity index (χ1v) is 13.0. The first-order valence-electron chi connectivity index (χ1n) is 12.2. The van der Waals surface area contributed by atoms with E-state index in [1.807, 2.05) is 38.1 Å². The van der Waals surface area contributed by atoms with Crippen LogP contribution in [-0.4, -0.2) is 36.0 Å². The summed E-state index contributed by atoms with van der Waals surface area (Å²) in [6.45, 7) is 3.96. The molecule has 6 rings (SSSR count). The van der Waals surface area contributed by atoms with Crippen LogP contribution < -0.4 is 14.4 Å². The van der Waals surface area contributed by atoms with Crippen LogP contribution in [0.15, 0.2) is 76.4 Å². The molecule has 1 aliphatic rings. The first-order chi connectivity index (χ1) is 18.8. The summed E-state index contributed by atoms with van der Waals surface area (Å²) in [6.07, 6.45) is 0. The number of hydrogen-bond acceptors (Lipinski definition) is 8. The highest BCUT2D eigenvalue weighted by Gasteiger charge is 2.47. The number of aliphatic hydroxyl groups excluding tert-OH is 1. The Labute approximate surface area is 227 Å². The summed E-state index contributed by atoms with van der Waals surface area (Å²) >= 11 is 1.32. The van der Waals surface area contributed by atoms with Gasteiger partial charge in [0.2, 0.25) is 5.78 Å². The lowest BCUT2D eigenvalue weighted by Crippen LogP contribution is -2.31. The normalized spacial score (nSPS) is 15.5. The number of para-hydroxylation sites is 1. The van der Waals surface area contributed by atoms with Gasteiger partial charge in [0, 0.05) is 5.39 Å². The molecular formula is C30H24N2O6S. The van der Waals surface area contributed by atoms with Crippen molar-refractivity contribution < 1.29 is 28.6 Å². The Morgan fingerprint density at radius 2 is 1.79 bits per heavy atom. The zero-order valence-corrected chi connectivity index (χ0v) is 22.5. The first kappa shape index (κ1) is 24.7. The minimum absolute atomic E-state index is 0.0219. The van der Waals surface area contributed by atoms with E-state index in [2.05, 4.69) is 0 Å². The molecule has 1 unspecified atom stereocenters. The number of aliphatic hydroxyl groups is 1. The van der Waals surface area contributed by atoms with Gasteiger partial charge >= 0.3 is 0 Å². The molecule has 0 bridgehead atoms. The van der Waals surface area contributed by atoms with Crippen molar-refractivity contribution in [3.63, 3.8) is 0 Å². The van der Waals surface area contributed by atoms with E-state index >= 15 is 0 Å². The highest BCUT2D eigenvalue weighted by Crippen LogP contribution is 2.46. The summed E-state index contributed by atoms with van der Waals surface area (Å²) in [6, 6.07) is 17.0. The summed E-state index contributed by atoms with van der Waals surface area (Å²) in [5.74, 6) is -1.03. The smallest absolute Gasteiger partial charge is 0.296 e. The van der Waals surface area contributed by atoms with Crippen LogP contribution in [0, 0.1) is 13.8 Å². The molecule has 0 saturated heterocycles. The molecule has 2 aromatic heterocycles. The van der Waals surface area contributed by atoms with Crippen molar-refractivity contribution in [1.82, 2.24) is 4.98 Å². The molecule has 1 atom stereocenters. The fraction of sp³-hybridized carbons (Fsp3) is 0.167. The minimum Gasteiger partial charge on any atom is -0.503 e. The molecule has 9 heteroatoms. The van der Waals surface area contributed by atoms with Gasteiger partial charge < -0.3 is 19.0 Å². The molecule has 196 valence electrons. The van der Waals surface area contributed by atoms with E-state index < -0.39 is 23.5 Å². The zero-order chi connectivity index (χ0) is 27.4. The summed E-state index contributed by atoms with van der Waals surface area (Å²) in [7, 11) is 3.03. The van der Waals surface area contributed by atoms with E-state index in [-0.39, 0.29) is 11.3 Å². The fourth-order valence-corrected chi connectivity index (χ4v) is 6.23. The molecule has 0 fully saturated rings. The van der Waals surface area contributed by atoms with Crippen molar-refractivity contribution in [3.05, 3.63) is 94.4 Å². The second-order valence-electron chi connectivity index (χ2n) is 9.36. The van der Waals surface area contributed by atoms with Gasteiger partial charge in [0.25, 0.3) is 5.91 Å². The average Bonchev–Trinajstić information content (AvgIpc) is 3.62. The number of benzene rings is 3. The van der Waals surface area contributed by atoms with Gasteiger partial charge in [-0.05, 0) is 60.9 Å². The third-order valence-corrected chi connectivity index (χ3v) is 7.85. The maximum Gasteiger partial charge on any atom is 0.296 e. The zero-order valence-electron chi connectivity index (χ0n) is 21.6. The monoisotopic (exact) mass is 540 g/mol. The number of Topliss-reactive ketones (excluding diaryl/α,β-unsaturated/α-hetero) is 1. The topological polar surface area (TPSA) is 102 Å². The number of methoxy groups -OCH3 is 2. The molecule has 1 amide bonds. The number of rotatable bonds is 6. The van der Waals surface area contributed by atoms with Gasteiger partial charge in [-0.1, -0.05) is 41.7 Å². The van der Waals surface area contributed by atoms with Crippen molar-refractivity contribution in [2.45, 2.75) is 19.9 Å². The van der Waals surface area contributed by atoms with Gasteiger partial charge in [0.05, 0.1) is 36.1 Å². The highest BCUT2D eigenvalue weighted by molar-refractivity contribution is 7.22. The van der Waals surface area contributed by atoms with Gasteiger partial charge in [-0.2, -0.15) is 0 Å². The van der Waals surface area contributed by atoms with Crippen LogP contribution in [-0.2, 0) is 4.79 Å². The fourth-order valence-electron chi connectivity index (χ4n) is 5.06. The Hall–Kier alpha value is -4.63. The minimum atomic E-state index is -0.986. The second kappa shape index (κ2) is 9.28. The predicted octanol–water partition coefficient (Wildman–Crippen LogP) is 6.46. The number of amides is 1. The van der Waals surface area contributed by atoms with Crippen molar-refractivity contribution in [2.24, 2.45) is 0 Å². The number of thiazole rings is 1. The molecular weight excluding hydrogens is 516 g/mol. The lowest BCUT2D eigenvalue weighted by Gasteiger charge is -2.25.